The van der Waals surface area contributed by atoms with Crippen molar-refractivity contribution in [1.82, 2.24) is 10.6 Å². The van der Waals surface area contributed by atoms with Crippen molar-refractivity contribution in [2.45, 2.75) is 26.3 Å². The smallest absolute Gasteiger partial charge is 0.228 e. The number of halogens is 1. The molecule has 0 saturated carbocycles. The minimum atomic E-state index is -0.473. The second kappa shape index (κ2) is 9.27. The zero-order valence-electron chi connectivity index (χ0n) is 15.1. The first-order valence-corrected chi connectivity index (χ1v) is 8.91. The van der Waals surface area contributed by atoms with Crippen LogP contribution in [-0.4, -0.2) is 46.4 Å². The number of methoxy groups -OCH3 is 2. The van der Waals surface area contributed by atoms with E-state index < -0.39 is 5.41 Å². The van der Waals surface area contributed by atoms with E-state index in [4.69, 9.17) is 25.8 Å². The van der Waals surface area contributed by atoms with Crippen molar-refractivity contribution < 1.29 is 19.0 Å². The summed E-state index contributed by atoms with van der Waals surface area (Å²) in [6.45, 7) is 4.82. The monoisotopic (exact) mass is 370 g/mol. The molecule has 1 fully saturated rings. The Labute approximate surface area is 154 Å². The van der Waals surface area contributed by atoms with E-state index in [1.165, 1.54) is 0 Å². The van der Waals surface area contributed by atoms with E-state index in [2.05, 4.69) is 10.6 Å². The molecule has 1 aliphatic heterocycles. The molecule has 1 amide bonds. The number of hydrogen-bond acceptors (Lipinski definition) is 5. The maximum Gasteiger partial charge on any atom is 0.228 e. The van der Waals surface area contributed by atoms with E-state index in [0.717, 1.165) is 31.5 Å². The number of nitrogens with one attached hydrogen (secondary N) is 2. The summed E-state index contributed by atoms with van der Waals surface area (Å²) in [7, 11) is 3.20. The third-order valence-corrected chi connectivity index (χ3v) is 4.77. The lowest BCUT2D eigenvalue weighted by molar-refractivity contribution is -0.136. The van der Waals surface area contributed by atoms with Crippen LogP contribution in [0.1, 0.15) is 25.3 Å². The SMILES string of the molecule is CCOc1c(Cl)cc(CNC(=O)C2(COC)CCNCC2)cc1OC. The van der Waals surface area contributed by atoms with Gasteiger partial charge in [0, 0.05) is 13.7 Å². The second-order valence-corrected chi connectivity index (χ2v) is 6.60. The van der Waals surface area contributed by atoms with E-state index in [0.29, 0.717) is 36.3 Å². The van der Waals surface area contributed by atoms with Gasteiger partial charge >= 0.3 is 0 Å². The second-order valence-electron chi connectivity index (χ2n) is 6.19. The van der Waals surface area contributed by atoms with E-state index >= 15 is 0 Å². The molecule has 1 aromatic rings. The van der Waals surface area contributed by atoms with Gasteiger partial charge in [-0.05, 0) is 50.6 Å². The Morgan fingerprint density at radius 2 is 2.04 bits per heavy atom. The molecule has 2 rings (SSSR count). The van der Waals surface area contributed by atoms with Crippen molar-refractivity contribution in [2.24, 2.45) is 5.41 Å². The molecule has 1 aromatic carbocycles. The molecule has 6 nitrogen and oxygen atoms in total. The summed E-state index contributed by atoms with van der Waals surface area (Å²) >= 11 is 6.29. The van der Waals surface area contributed by atoms with Gasteiger partial charge in [-0.3, -0.25) is 4.79 Å². The summed E-state index contributed by atoms with van der Waals surface area (Å²) in [6.07, 6.45) is 1.53. The van der Waals surface area contributed by atoms with Gasteiger partial charge in [-0.25, -0.2) is 0 Å². The lowest BCUT2D eigenvalue weighted by Gasteiger charge is -2.35. The quantitative estimate of drug-likeness (QED) is 0.735. The fourth-order valence-corrected chi connectivity index (χ4v) is 3.44. The van der Waals surface area contributed by atoms with E-state index in [-0.39, 0.29) is 5.91 Å². The van der Waals surface area contributed by atoms with Gasteiger partial charge in [0.1, 0.15) is 0 Å². The predicted octanol–water partition coefficient (Wildman–Crippen LogP) is 2.38. The highest BCUT2D eigenvalue weighted by molar-refractivity contribution is 6.32. The van der Waals surface area contributed by atoms with Gasteiger partial charge in [0.2, 0.25) is 5.91 Å². The molecule has 0 bridgehead atoms. The number of piperidine rings is 1. The van der Waals surface area contributed by atoms with Crippen LogP contribution in [0.4, 0.5) is 0 Å². The van der Waals surface area contributed by atoms with Gasteiger partial charge in [-0.1, -0.05) is 11.6 Å². The average molecular weight is 371 g/mol. The number of ether oxygens (including phenoxy) is 3. The molecule has 0 atom stereocenters. The Morgan fingerprint density at radius 3 is 2.64 bits per heavy atom. The molecule has 0 aliphatic carbocycles. The maximum absolute atomic E-state index is 12.8. The lowest BCUT2D eigenvalue weighted by atomic mass is 9.78. The van der Waals surface area contributed by atoms with Crippen molar-refractivity contribution in [3.63, 3.8) is 0 Å². The first kappa shape index (κ1) is 19.8. The molecular formula is C18H27ClN2O4. The third kappa shape index (κ3) is 4.77. The average Bonchev–Trinajstić information content (AvgIpc) is 2.62. The molecule has 0 aromatic heterocycles. The molecular weight excluding hydrogens is 344 g/mol. The van der Waals surface area contributed by atoms with Gasteiger partial charge < -0.3 is 24.8 Å². The lowest BCUT2D eigenvalue weighted by Crippen LogP contribution is -2.49. The zero-order chi connectivity index (χ0) is 18.3. The van der Waals surface area contributed by atoms with Crippen molar-refractivity contribution >= 4 is 17.5 Å². The van der Waals surface area contributed by atoms with Crippen LogP contribution in [0.5, 0.6) is 11.5 Å². The standard InChI is InChI=1S/C18H27ClN2O4/c1-4-25-16-14(19)9-13(10-15(16)24-3)11-21-17(22)18(12-23-2)5-7-20-8-6-18/h9-10,20H,4-8,11-12H2,1-3H3,(H,21,22). The first-order chi connectivity index (χ1) is 12.1. The first-order valence-electron chi connectivity index (χ1n) is 8.53. The summed E-state index contributed by atoms with van der Waals surface area (Å²) in [4.78, 5) is 12.8. The van der Waals surface area contributed by atoms with E-state index in [1.807, 2.05) is 13.0 Å². The van der Waals surface area contributed by atoms with Gasteiger partial charge in [0.05, 0.1) is 30.8 Å². The Morgan fingerprint density at radius 1 is 1.32 bits per heavy atom. The molecule has 2 N–H and O–H groups in total. The Kier molecular flexibility index (Phi) is 7.35. The highest BCUT2D eigenvalue weighted by atomic mass is 35.5. The molecule has 1 heterocycles. The summed E-state index contributed by atoms with van der Waals surface area (Å²) in [5.74, 6) is 1.10. The fraction of sp³-hybridized carbons (Fsp3) is 0.611. The molecule has 1 saturated heterocycles. The minimum absolute atomic E-state index is 0.0137. The van der Waals surface area contributed by atoms with Gasteiger partial charge in [-0.2, -0.15) is 0 Å². The molecule has 7 heteroatoms. The highest BCUT2D eigenvalue weighted by Crippen LogP contribution is 2.36. The van der Waals surface area contributed by atoms with Gasteiger partial charge in [0.25, 0.3) is 0 Å². The van der Waals surface area contributed by atoms with E-state index in [9.17, 15) is 4.79 Å². The molecule has 1 aliphatic rings. The largest absolute Gasteiger partial charge is 0.493 e. The number of hydrogen-bond donors (Lipinski definition) is 2. The molecule has 140 valence electrons. The summed E-state index contributed by atoms with van der Waals surface area (Å²) in [6, 6.07) is 3.63. The number of rotatable bonds is 8. The Hall–Kier alpha value is -1.50. The predicted molar refractivity (Wildman–Crippen MR) is 97.4 cm³/mol. The zero-order valence-corrected chi connectivity index (χ0v) is 15.9. The van der Waals surface area contributed by atoms with Crippen molar-refractivity contribution in [1.29, 1.82) is 0 Å². The fourth-order valence-electron chi connectivity index (χ4n) is 3.15. The minimum Gasteiger partial charge on any atom is -0.493 e. The van der Waals surface area contributed by atoms with E-state index in [1.54, 1.807) is 20.3 Å². The normalized spacial score (nSPS) is 16.3. The molecule has 0 radical (unpaired) electrons. The van der Waals surface area contributed by atoms with Crippen LogP contribution in [0, 0.1) is 5.41 Å². The Balaban J connectivity index is 2.09. The highest BCUT2D eigenvalue weighted by Gasteiger charge is 2.39. The van der Waals surface area contributed by atoms with Crippen LogP contribution in [0.15, 0.2) is 12.1 Å². The maximum atomic E-state index is 12.8. The van der Waals surface area contributed by atoms with Crippen LogP contribution in [0.25, 0.3) is 0 Å². The van der Waals surface area contributed by atoms with Crippen molar-refractivity contribution in [3.05, 3.63) is 22.7 Å². The molecule has 0 spiro atoms. The number of carbonyl (C=O) groups is 1. The summed E-state index contributed by atoms with van der Waals surface area (Å²) < 4.78 is 16.2. The van der Waals surface area contributed by atoms with Gasteiger partial charge in [0.15, 0.2) is 11.5 Å². The van der Waals surface area contributed by atoms with Crippen LogP contribution in [0.2, 0.25) is 5.02 Å². The van der Waals surface area contributed by atoms with Crippen molar-refractivity contribution in [2.75, 3.05) is 40.5 Å². The number of amides is 1. The van der Waals surface area contributed by atoms with Crippen LogP contribution in [-0.2, 0) is 16.1 Å². The Bertz CT molecular complexity index is 583. The molecule has 0 unspecified atom stereocenters. The van der Waals surface area contributed by atoms with Crippen LogP contribution < -0.4 is 20.1 Å². The summed E-state index contributed by atoms with van der Waals surface area (Å²) in [5, 5.41) is 6.78. The molecule has 25 heavy (non-hydrogen) atoms. The van der Waals surface area contributed by atoms with Crippen LogP contribution in [0.3, 0.4) is 0 Å². The number of benzene rings is 1. The third-order valence-electron chi connectivity index (χ3n) is 4.49. The van der Waals surface area contributed by atoms with Crippen molar-refractivity contribution in [3.8, 4) is 11.5 Å². The van der Waals surface area contributed by atoms with Crippen LogP contribution >= 0.6 is 11.6 Å². The van der Waals surface area contributed by atoms with Gasteiger partial charge in [-0.15, -0.1) is 0 Å². The topological polar surface area (TPSA) is 68.8 Å². The number of carbonyl (C=O) groups excluding carboxylic acids is 1. The summed E-state index contributed by atoms with van der Waals surface area (Å²) in [5.41, 5.74) is 0.388.